The summed E-state index contributed by atoms with van der Waals surface area (Å²) in [5.74, 6) is 0.834. The van der Waals surface area contributed by atoms with Crippen molar-refractivity contribution in [1.82, 2.24) is 0 Å². The molecule has 0 aliphatic carbocycles. The minimum absolute atomic E-state index is 0.0255. The van der Waals surface area contributed by atoms with E-state index in [0.717, 1.165) is 12.8 Å². The van der Waals surface area contributed by atoms with Crippen LogP contribution in [0.15, 0.2) is 0 Å². The third-order valence-electron chi connectivity index (χ3n) is 2.37. The van der Waals surface area contributed by atoms with Crippen molar-refractivity contribution in [3.63, 3.8) is 0 Å². The van der Waals surface area contributed by atoms with Crippen LogP contribution in [0.3, 0.4) is 0 Å². The number of thiol groups is 1. The van der Waals surface area contributed by atoms with Gasteiger partial charge in [-0.2, -0.15) is 21.0 Å². The Labute approximate surface area is 86.1 Å². The fourth-order valence-corrected chi connectivity index (χ4v) is 3.07. The molecular weight excluding hydrogens is 208 g/mol. The molecule has 0 bridgehead atoms. The van der Waals surface area contributed by atoms with Gasteiger partial charge in [0.2, 0.25) is 0 Å². The molecule has 0 rings (SSSR count). The predicted molar refractivity (Wildman–Crippen MR) is 57.8 cm³/mol. The van der Waals surface area contributed by atoms with Crippen molar-refractivity contribution >= 4 is 22.7 Å². The molecule has 0 heterocycles. The normalized spacial score (nSPS) is 16.9. The third-order valence-corrected chi connectivity index (χ3v) is 3.69. The van der Waals surface area contributed by atoms with E-state index < -0.39 is 10.1 Å². The lowest BCUT2D eigenvalue weighted by molar-refractivity contribution is 0.363. The smallest absolute Gasteiger partial charge is 0.265 e. The van der Waals surface area contributed by atoms with Gasteiger partial charge in [-0.05, 0) is 17.6 Å². The SMILES string of the molecule is CCC(CS)C(CC)CS(=O)(=O)O. The molecule has 3 nitrogen and oxygen atoms in total. The maximum Gasteiger partial charge on any atom is 0.265 e. The van der Waals surface area contributed by atoms with Gasteiger partial charge in [-0.25, -0.2) is 0 Å². The zero-order valence-electron chi connectivity index (χ0n) is 8.10. The minimum Gasteiger partial charge on any atom is -0.286 e. The first-order valence-corrected chi connectivity index (χ1v) is 6.74. The average molecular weight is 226 g/mol. The van der Waals surface area contributed by atoms with E-state index in [9.17, 15) is 8.42 Å². The van der Waals surface area contributed by atoms with E-state index >= 15 is 0 Å². The van der Waals surface area contributed by atoms with E-state index in [1.807, 2.05) is 13.8 Å². The Bertz CT molecular complexity index is 220. The second-order valence-corrected chi connectivity index (χ2v) is 5.13. The molecule has 13 heavy (non-hydrogen) atoms. The second-order valence-electron chi connectivity index (χ2n) is 3.27. The molecule has 0 aliphatic rings. The first kappa shape index (κ1) is 13.3. The Morgan fingerprint density at radius 2 is 1.69 bits per heavy atom. The number of hydrogen-bond donors (Lipinski definition) is 2. The largest absolute Gasteiger partial charge is 0.286 e. The molecule has 1 N–H and O–H groups in total. The van der Waals surface area contributed by atoms with Crippen molar-refractivity contribution in [2.24, 2.45) is 11.8 Å². The van der Waals surface area contributed by atoms with E-state index in [2.05, 4.69) is 12.6 Å². The molecule has 0 fully saturated rings. The van der Waals surface area contributed by atoms with Crippen molar-refractivity contribution in [3.05, 3.63) is 0 Å². The molecule has 0 aromatic carbocycles. The molecule has 0 radical (unpaired) electrons. The van der Waals surface area contributed by atoms with Crippen LogP contribution < -0.4 is 0 Å². The van der Waals surface area contributed by atoms with Crippen LogP contribution >= 0.6 is 12.6 Å². The van der Waals surface area contributed by atoms with Crippen molar-refractivity contribution in [1.29, 1.82) is 0 Å². The molecule has 0 aromatic rings. The van der Waals surface area contributed by atoms with Crippen LogP contribution in [0, 0.1) is 11.8 Å². The van der Waals surface area contributed by atoms with E-state index in [0.29, 0.717) is 5.75 Å². The Kier molecular flexibility index (Phi) is 6.00. The van der Waals surface area contributed by atoms with Crippen molar-refractivity contribution in [2.45, 2.75) is 26.7 Å². The zero-order valence-corrected chi connectivity index (χ0v) is 9.81. The molecule has 0 spiro atoms. The average Bonchev–Trinajstić information content (AvgIpc) is 2.02. The molecule has 0 saturated carbocycles. The zero-order chi connectivity index (χ0) is 10.5. The van der Waals surface area contributed by atoms with Crippen LogP contribution in [-0.2, 0) is 10.1 Å². The van der Waals surface area contributed by atoms with Crippen LogP contribution in [0.1, 0.15) is 26.7 Å². The molecular formula is C8H18O3S2. The lowest BCUT2D eigenvalue weighted by Crippen LogP contribution is -2.23. The van der Waals surface area contributed by atoms with Gasteiger partial charge in [0.15, 0.2) is 0 Å². The van der Waals surface area contributed by atoms with Crippen LogP contribution in [-0.4, -0.2) is 24.5 Å². The first-order valence-electron chi connectivity index (χ1n) is 4.50. The monoisotopic (exact) mass is 226 g/mol. The van der Waals surface area contributed by atoms with Crippen LogP contribution in [0.2, 0.25) is 0 Å². The summed E-state index contributed by atoms with van der Waals surface area (Å²) in [6, 6.07) is 0. The van der Waals surface area contributed by atoms with Gasteiger partial charge >= 0.3 is 0 Å². The maximum atomic E-state index is 10.7. The van der Waals surface area contributed by atoms with E-state index in [1.54, 1.807) is 0 Å². The van der Waals surface area contributed by atoms with Gasteiger partial charge in [0.05, 0.1) is 5.75 Å². The van der Waals surface area contributed by atoms with Crippen LogP contribution in [0.4, 0.5) is 0 Å². The van der Waals surface area contributed by atoms with Crippen LogP contribution in [0.5, 0.6) is 0 Å². The van der Waals surface area contributed by atoms with Gasteiger partial charge in [0.25, 0.3) is 10.1 Å². The van der Waals surface area contributed by atoms with Gasteiger partial charge in [0, 0.05) is 0 Å². The van der Waals surface area contributed by atoms with Gasteiger partial charge in [0.1, 0.15) is 0 Å². The fourth-order valence-electron chi connectivity index (χ4n) is 1.47. The van der Waals surface area contributed by atoms with Crippen molar-refractivity contribution < 1.29 is 13.0 Å². The molecule has 80 valence electrons. The van der Waals surface area contributed by atoms with E-state index in [4.69, 9.17) is 4.55 Å². The highest BCUT2D eigenvalue weighted by atomic mass is 32.2. The number of rotatable bonds is 6. The Morgan fingerprint density at radius 1 is 1.23 bits per heavy atom. The van der Waals surface area contributed by atoms with Gasteiger partial charge < -0.3 is 0 Å². The lowest BCUT2D eigenvalue weighted by Gasteiger charge is -2.21. The minimum atomic E-state index is -3.83. The summed E-state index contributed by atoms with van der Waals surface area (Å²) in [7, 11) is -3.83. The summed E-state index contributed by atoms with van der Waals surface area (Å²) >= 11 is 4.16. The summed E-state index contributed by atoms with van der Waals surface area (Å²) in [5, 5.41) is 0. The van der Waals surface area contributed by atoms with E-state index in [1.165, 1.54) is 0 Å². The second kappa shape index (κ2) is 5.88. The lowest BCUT2D eigenvalue weighted by atomic mass is 9.91. The molecule has 0 aliphatic heterocycles. The quantitative estimate of drug-likeness (QED) is 0.537. The topological polar surface area (TPSA) is 54.4 Å². The summed E-state index contributed by atoms with van der Waals surface area (Å²) in [6.07, 6.45) is 1.66. The van der Waals surface area contributed by atoms with E-state index in [-0.39, 0.29) is 17.6 Å². The molecule has 0 saturated heterocycles. The molecule has 0 aromatic heterocycles. The highest BCUT2D eigenvalue weighted by molar-refractivity contribution is 7.85. The van der Waals surface area contributed by atoms with Gasteiger partial charge in [-0.3, -0.25) is 4.55 Å². The molecule has 0 amide bonds. The maximum absolute atomic E-state index is 10.7. The van der Waals surface area contributed by atoms with Gasteiger partial charge in [-0.1, -0.05) is 26.7 Å². The molecule has 5 heteroatoms. The third kappa shape index (κ3) is 5.54. The standard InChI is InChI=1S/C8H18O3S2/c1-3-7(5-12)8(4-2)6-13(9,10)11/h7-8,12H,3-6H2,1-2H3,(H,9,10,11). The summed E-state index contributed by atoms with van der Waals surface area (Å²) < 4.78 is 30.0. The van der Waals surface area contributed by atoms with Crippen molar-refractivity contribution in [3.8, 4) is 0 Å². The van der Waals surface area contributed by atoms with Crippen molar-refractivity contribution in [2.75, 3.05) is 11.5 Å². The highest BCUT2D eigenvalue weighted by Crippen LogP contribution is 2.21. The first-order chi connectivity index (χ1) is 5.94. The summed E-state index contributed by atoms with van der Waals surface area (Å²) in [6.45, 7) is 3.94. The Morgan fingerprint density at radius 3 is 1.92 bits per heavy atom. The number of hydrogen-bond acceptors (Lipinski definition) is 3. The Balaban J connectivity index is 4.32. The predicted octanol–water partition coefficient (Wildman–Crippen LogP) is 1.86. The fraction of sp³-hybridized carbons (Fsp3) is 1.00. The molecule has 2 atom stereocenters. The highest BCUT2D eigenvalue weighted by Gasteiger charge is 2.22. The molecule has 2 unspecified atom stereocenters. The summed E-state index contributed by atoms with van der Waals surface area (Å²) in [4.78, 5) is 0. The summed E-state index contributed by atoms with van der Waals surface area (Å²) in [5.41, 5.74) is 0. The van der Waals surface area contributed by atoms with Gasteiger partial charge in [-0.15, -0.1) is 0 Å². The van der Waals surface area contributed by atoms with Crippen LogP contribution in [0.25, 0.3) is 0 Å². The Hall–Kier alpha value is 0.260.